The van der Waals surface area contributed by atoms with E-state index in [0.717, 1.165) is 19.7 Å². The van der Waals surface area contributed by atoms with Gasteiger partial charge in [-0.2, -0.15) is 9.61 Å². The molecule has 102 valence electrons. The first-order chi connectivity index (χ1) is 9.22. The molecule has 1 atom stereocenters. The van der Waals surface area contributed by atoms with Crippen molar-refractivity contribution in [1.29, 1.82) is 0 Å². The average molecular weight is 264 g/mol. The van der Waals surface area contributed by atoms with E-state index < -0.39 is 0 Å². The molecular formula is C11H16N6O2. The lowest BCUT2D eigenvalue weighted by Crippen LogP contribution is -2.43. The maximum Gasteiger partial charge on any atom is 0.364 e. The van der Waals surface area contributed by atoms with Crippen LogP contribution < -0.4 is 11.0 Å². The molecule has 1 aliphatic heterocycles. The van der Waals surface area contributed by atoms with Gasteiger partial charge in [0.1, 0.15) is 5.82 Å². The number of aromatic nitrogens is 4. The third kappa shape index (κ3) is 2.59. The monoisotopic (exact) mass is 264 g/mol. The van der Waals surface area contributed by atoms with Crippen molar-refractivity contribution in [2.24, 2.45) is 0 Å². The number of hydrogen-bond donors (Lipinski definition) is 2. The van der Waals surface area contributed by atoms with Gasteiger partial charge in [0.25, 0.3) is 0 Å². The Balaban J connectivity index is 1.67. The van der Waals surface area contributed by atoms with Crippen molar-refractivity contribution < 1.29 is 4.74 Å². The molecule has 0 aromatic carbocycles. The second-order valence-corrected chi connectivity index (χ2v) is 4.65. The van der Waals surface area contributed by atoms with Crippen molar-refractivity contribution in [3.63, 3.8) is 0 Å². The number of nitrogens with one attached hydrogen (secondary N) is 2. The third-order valence-electron chi connectivity index (χ3n) is 3.13. The minimum Gasteiger partial charge on any atom is -0.374 e. The molecule has 1 aliphatic rings. The number of likely N-dealkylation sites (N-methyl/N-ethyl adjacent to an activating group) is 1. The summed E-state index contributed by atoms with van der Waals surface area (Å²) in [6, 6.07) is 3.53. The smallest absolute Gasteiger partial charge is 0.364 e. The van der Waals surface area contributed by atoms with E-state index in [4.69, 9.17) is 4.74 Å². The van der Waals surface area contributed by atoms with Gasteiger partial charge in [-0.15, -0.1) is 5.10 Å². The molecule has 2 aromatic heterocycles. The number of hydrogen-bond acceptors (Lipinski definition) is 6. The standard InChI is InChI=1S/C11H16N6O2/c1-16-4-5-19-8(7-16)6-12-9-2-3-10-13-14-11(18)17(10)15-9/h2-3,8H,4-7H2,1H3,(H,12,15)(H,14,18). The molecule has 1 unspecified atom stereocenters. The summed E-state index contributed by atoms with van der Waals surface area (Å²) in [4.78, 5) is 13.6. The Kier molecular flexibility index (Phi) is 3.18. The summed E-state index contributed by atoms with van der Waals surface area (Å²) >= 11 is 0. The van der Waals surface area contributed by atoms with Gasteiger partial charge in [-0.3, -0.25) is 0 Å². The Morgan fingerprint density at radius 2 is 2.47 bits per heavy atom. The number of fused-ring (bicyclic) bond motifs is 1. The molecule has 2 aromatic rings. The van der Waals surface area contributed by atoms with Crippen molar-refractivity contribution in [3.05, 3.63) is 22.6 Å². The molecule has 3 rings (SSSR count). The van der Waals surface area contributed by atoms with Crippen LogP contribution in [-0.4, -0.2) is 64.1 Å². The van der Waals surface area contributed by atoms with Gasteiger partial charge in [-0.1, -0.05) is 0 Å². The van der Waals surface area contributed by atoms with Gasteiger partial charge < -0.3 is 15.0 Å². The number of morpholine rings is 1. The van der Waals surface area contributed by atoms with Crippen LogP contribution in [0.3, 0.4) is 0 Å². The Morgan fingerprint density at radius 1 is 1.58 bits per heavy atom. The van der Waals surface area contributed by atoms with Crippen LogP contribution in [0.25, 0.3) is 5.65 Å². The summed E-state index contributed by atoms with van der Waals surface area (Å²) in [7, 11) is 2.07. The summed E-state index contributed by atoms with van der Waals surface area (Å²) in [6.07, 6.45) is 0.136. The molecule has 8 nitrogen and oxygen atoms in total. The maximum atomic E-state index is 11.4. The highest BCUT2D eigenvalue weighted by atomic mass is 16.5. The van der Waals surface area contributed by atoms with Crippen LogP contribution in [0, 0.1) is 0 Å². The second-order valence-electron chi connectivity index (χ2n) is 4.65. The maximum absolute atomic E-state index is 11.4. The van der Waals surface area contributed by atoms with Crippen LogP contribution in [0.2, 0.25) is 0 Å². The summed E-state index contributed by atoms with van der Waals surface area (Å²) in [6.45, 7) is 3.26. The molecule has 0 radical (unpaired) electrons. The predicted molar refractivity (Wildman–Crippen MR) is 69.3 cm³/mol. The van der Waals surface area contributed by atoms with Crippen molar-refractivity contribution in [2.75, 3.05) is 38.6 Å². The number of aromatic amines is 1. The molecule has 2 N–H and O–H groups in total. The third-order valence-corrected chi connectivity index (χ3v) is 3.13. The fourth-order valence-electron chi connectivity index (χ4n) is 2.11. The normalized spacial score (nSPS) is 20.8. The highest BCUT2D eigenvalue weighted by Crippen LogP contribution is 2.06. The number of ether oxygens (including phenoxy) is 1. The molecule has 8 heteroatoms. The molecule has 0 aliphatic carbocycles. The summed E-state index contributed by atoms with van der Waals surface area (Å²) in [5.41, 5.74) is 0.163. The predicted octanol–water partition coefficient (Wildman–Crippen LogP) is -0.840. The van der Waals surface area contributed by atoms with Crippen LogP contribution in [0.15, 0.2) is 16.9 Å². The zero-order valence-electron chi connectivity index (χ0n) is 10.7. The molecule has 0 amide bonds. The van der Waals surface area contributed by atoms with E-state index in [1.807, 2.05) is 0 Å². The lowest BCUT2D eigenvalue weighted by atomic mass is 10.3. The largest absolute Gasteiger partial charge is 0.374 e. The topological polar surface area (TPSA) is 87.5 Å². The lowest BCUT2D eigenvalue weighted by molar-refractivity contribution is -0.0117. The van der Waals surface area contributed by atoms with E-state index in [-0.39, 0.29) is 11.8 Å². The van der Waals surface area contributed by atoms with Gasteiger partial charge >= 0.3 is 5.69 Å². The van der Waals surface area contributed by atoms with Crippen molar-refractivity contribution in [2.45, 2.75) is 6.10 Å². The van der Waals surface area contributed by atoms with Gasteiger partial charge in [-0.25, -0.2) is 9.89 Å². The van der Waals surface area contributed by atoms with E-state index in [1.165, 1.54) is 4.52 Å². The summed E-state index contributed by atoms with van der Waals surface area (Å²) in [5.74, 6) is 0.632. The SMILES string of the molecule is CN1CCOC(CNc2ccc3n[nH]c(=O)n3n2)C1. The van der Waals surface area contributed by atoms with Crippen LogP contribution in [-0.2, 0) is 4.74 Å². The van der Waals surface area contributed by atoms with Crippen molar-refractivity contribution in [3.8, 4) is 0 Å². The number of nitrogens with zero attached hydrogens (tertiary/aromatic N) is 4. The fraction of sp³-hybridized carbons (Fsp3) is 0.545. The highest BCUT2D eigenvalue weighted by molar-refractivity contribution is 5.42. The average Bonchev–Trinajstić information content (AvgIpc) is 2.78. The van der Waals surface area contributed by atoms with Gasteiger partial charge in [0.05, 0.1) is 12.7 Å². The van der Waals surface area contributed by atoms with Gasteiger partial charge in [-0.05, 0) is 19.2 Å². The minimum absolute atomic E-state index is 0.136. The summed E-state index contributed by atoms with van der Waals surface area (Å²) in [5, 5.41) is 13.5. The van der Waals surface area contributed by atoms with Crippen LogP contribution in [0.1, 0.15) is 0 Å². The Labute approximate surface area is 109 Å². The molecule has 0 bridgehead atoms. The fourth-order valence-corrected chi connectivity index (χ4v) is 2.11. The van der Waals surface area contributed by atoms with Gasteiger partial charge in [0.2, 0.25) is 0 Å². The minimum atomic E-state index is -0.340. The first-order valence-corrected chi connectivity index (χ1v) is 6.21. The molecule has 19 heavy (non-hydrogen) atoms. The van der Waals surface area contributed by atoms with Crippen molar-refractivity contribution in [1.82, 2.24) is 24.7 Å². The number of rotatable bonds is 3. The van der Waals surface area contributed by atoms with E-state index in [2.05, 4.69) is 32.6 Å². The Hall–Kier alpha value is -1.93. The van der Waals surface area contributed by atoms with E-state index in [1.54, 1.807) is 12.1 Å². The molecule has 0 saturated carbocycles. The second kappa shape index (κ2) is 4.98. The molecule has 1 saturated heterocycles. The number of anilines is 1. The van der Waals surface area contributed by atoms with E-state index in [0.29, 0.717) is 18.0 Å². The van der Waals surface area contributed by atoms with E-state index >= 15 is 0 Å². The zero-order chi connectivity index (χ0) is 13.2. The molecule has 1 fully saturated rings. The van der Waals surface area contributed by atoms with Crippen LogP contribution >= 0.6 is 0 Å². The van der Waals surface area contributed by atoms with Crippen molar-refractivity contribution >= 4 is 11.5 Å². The quantitative estimate of drug-likeness (QED) is 0.751. The lowest BCUT2D eigenvalue weighted by Gasteiger charge is -2.30. The number of H-pyrrole nitrogens is 1. The van der Waals surface area contributed by atoms with Gasteiger partial charge in [0, 0.05) is 19.6 Å². The summed E-state index contributed by atoms with van der Waals surface area (Å²) < 4.78 is 6.88. The van der Waals surface area contributed by atoms with Gasteiger partial charge in [0.15, 0.2) is 5.65 Å². The van der Waals surface area contributed by atoms with E-state index in [9.17, 15) is 4.79 Å². The zero-order valence-corrected chi connectivity index (χ0v) is 10.7. The molecule has 3 heterocycles. The molecular weight excluding hydrogens is 248 g/mol. The Bertz CT molecular complexity index is 621. The van der Waals surface area contributed by atoms with Crippen LogP contribution in [0.5, 0.6) is 0 Å². The highest BCUT2D eigenvalue weighted by Gasteiger charge is 2.17. The van der Waals surface area contributed by atoms with Crippen LogP contribution in [0.4, 0.5) is 5.82 Å². The first-order valence-electron chi connectivity index (χ1n) is 6.21. The Morgan fingerprint density at radius 3 is 3.32 bits per heavy atom. The first kappa shape index (κ1) is 12.1. The molecule has 0 spiro atoms.